The van der Waals surface area contributed by atoms with Crippen LogP contribution in [0, 0.1) is 0 Å². The second kappa shape index (κ2) is 3.42. The molecule has 0 aliphatic carbocycles. The largest absolute Gasteiger partial charge is 0.396 e. The monoisotopic (exact) mass is 199 g/mol. The third-order valence-corrected chi connectivity index (χ3v) is 1.58. The molecule has 0 atom stereocenters. The molecule has 0 aliphatic heterocycles. The number of anilines is 2. The molecule has 0 aromatic carbocycles. The number of hydrogen-bond donors (Lipinski definition) is 2. The molecule has 1 rings (SSSR count). The van der Waals surface area contributed by atoms with Gasteiger partial charge >= 0.3 is 0 Å². The third kappa shape index (κ3) is 3.11. The average Bonchev–Trinajstić information content (AvgIpc) is 1.93. The number of nitrogens with two attached hydrogens (primary N) is 1. The van der Waals surface area contributed by atoms with Gasteiger partial charge in [-0.1, -0.05) is 11.6 Å². The predicted molar refractivity (Wildman–Crippen MR) is 57.0 cm³/mol. The molecular weight excluding hydrogens is 186 g/mol. The summed E-state index contributed by atoms with van der Waals surface area (Å²) >= 11 is 5.72. The summed E-state index contributed by atoms with van der Waals surface area (Å²) < 4.78 is 0. The highest BCUT2D eigenvalue weighted by Gasteiger charge is 2.11. The number of nitrogens with zero attached hydrogens (tertiary/aromatic N) is 1. The van der Waals surface area contributed by atoms with E-state index in [1.165, 1.54) is 0 Å². The van der Waals surface area contributed by atoms with Crippen LogP contribution in [0.4, 0.5) is 11.5 Å². The molecule has 0 bridgehead atoms. The van der Waals surface area contributed by atoms with Gasteiger partial charge in [0.2, 0.25) is 0 Å². The van der Waals surface area contributed by atoms with Gasteiger partial charge in [0.05, 0.1) is 10.7 Å². The molecule has 13 heavy (non-hydrogen) atoms. The van der Waals surface area contributed by atoms with Gasteiger partial charge in [0, 0.05) is 11.7 Å². The SMILES string of the molecule is CC(C)(C)Nc1ncc(Cl)cc1N. The smallest absolute Gasteiger partial charge is 0.149 e. The quantitative estimate of drug-likeness (QED) is 0.731. The maximum absolute atomic E-state index is 5.72. The van der Waals surface area contributed by atoms with Crippen LogP contribution in [-0.2, 0) is 0 Å². The van der Waals surface area contributed by atoms with Crippen molar-refractivity contribution in [2.24, 2.45) is 0 Å². The first-order valence-electron chi connectivity index (χ1n) is 4.08. The zero-order chi connectivity index (χ0) is 10.1. The molecule has 4 heteroatoms. The molecule has 72 valence electrons. The highest BCUT2D eigenvalue weighted by Crippen LogP contribution is 2.22. The highest BCUT2D eigenvalue weighted by atomic mass is 35.5. The van der Waals surface area contributed by atoms with Crippen molar-refractivity contribution >= 4 is 23.1 Å². The van der Waals surface area contributed by atoms with Crippen LogP contribution in [-0.4, -0.2) is 10.5 Å². The summed E-state index contributed by atoms with van der Waals surface area (Å²) in [5.41, 5.74) is 6.24. The summed E-state index contributed by atoms with van der Waals surface area (Å²) in [5, 5.41) is 3.73. The van der Waals surface area contributed by atoms with Gasteiger partial charge in [0.1, 0.15) is 5.82 Å². The topological polar surface area (TPSA) is 50.9 Å². The third-order valence-electron chi connectivity index (χ3n) is 1.38. The number of pyridine rings is 1. The number of nitrogen functional groups attached to an aromatic ring is 1. The molecule has 0 spiro atoms. The molecule has 1 aromatic rings. The van der Waals surface area contributed by atoms with Crippen molar-refractivity contribution in [1.82, 2.24) is 4.98 Å². The Morgan fingerprint density at radius 1 is 1.46 bits per heavy atom. The molecular formula is C9H14ClN3. The fourth-order valence-corrected chi connectivity index (χ4v) is 1.08. The number of halogens is 1. The van der Waals surface area contributed by atoms with Gasteiger partial charge in [0.15, 0.2) is 0 Å². The van der Waals surface area contributed by atoms with E-state index < -0.39 is 0 Å². The summed E-state index contributed by atoms with van der Waals surface area (Å²) in [6, 6.07) is 1.68. The Balaban J connectivity index is 2.90. The maximum Gasteiger partial charge on any atom is 0.149 e. The van der Waals surface area contributed by atoms with Crippen molar-refractivity contribution in [3.05, 3.63) is 17.3 Å². The zero-order valence-electron chi connectivity index (χ0n) is 8.06. The van der Waals surface area contributed by atoms with Crippen molar-refractivity contribution in [1.29, 1.82) is 0 Å². The van der Waals surface area contributed by atoms with Crippen molar-refractivity contribution in [2.75, 3.05) is 11.1 Å². The van der Waals surface area contributed by atoms with Crippen LogP contribution in [0.1, 0.15) is 20.8 Å². The van der Waals surface area contributed by atoms with Gasteiger partial charge in [-0.3, -0.25) is 0 Å². The van der Waals surface area contributed by atoms with E-state index in [0.717, 1.165) is 0 Å². The Kier molecular flexibility index (Phi) is 2.66. The zero-order valence-corrected chi connectivity index (χ0v) is 8.81. The Hall–Kier alpha value is -0.960. The first kappa shape index (κ1) is 10.1. The van der Waals surface area contributed by atoms with E-state index in [0.29, 0.717) is 16.5 Å². The van der Waals surface area contributed by atoms with Crippen LogP contribution in [0.3, 0.4) is 0 Å². The number of nitrogens with one attached hydrogen (secondary N) is 1. The minimum Gasteiger partial charge on any atom is -0.396 e. The minimum absolute atomic E-state index is 0.0467. The van der Waals surface area contributed by atoms with Crippen LogP contribution in [0.25, 0.3) is 0 Å². The lowest BCUT2D eigenvalue weighted by molar-refractivity contribution is 0.631. The molecule has 0 saturated carbocycles. The van der Waals surface area contributed by atoms with Gasteiger partial charge < -0.3 is 11.1 Å². The molecule has 0 amide bonds. The summed E-state index contributed by atoms with van der Waals surface area (Å²) in [6.07, 6.45) is 1.58. The number of aromatic nitrogens is 1. The van der Waals surface area contributed by atoms with Crippen LogP contribution in [0.2, 0.25) is 5.02 Å². The van der Waals surface area contributed by atoms with E-state index >= 15 is 0 Å². The Labute approximate surface area is 83.3 Å². The summed E-state index contributed by atoms with van der Waals surface area (Å²) in [5.74, 6) is 0.678. The van der Waals surface area contributed by atoms with Crippen LogP contribution in [0.15, 0.2) is 12.3 Å². The lowest BCUT2D eigenvalue weighted by Gasteiger charge is -2.22. The second-order valence-corrected chi connectivity index (χ2v) is 4.40. The van der Waals surface area contributed by atoms with Crippen LogP contribution < -0.4 is 11.1 Å². The fraction of sp³-hybridized carbons (Fsp3) is 0.444. The highest BCUT2D eigenvalue weighted by molar-refractivity contribution is 6.30. The maximum atomic E-state index is 5.72. The van der Waals surface area contributed by atoms with Gasteiger partial charge in [-0.15, -0.1) is 0 Å². The minimum atomic E-state index is -0.0467. The molecule has 0 saturated heterocycles. The van der Waals surface area contributed by atoms with Crippen molar-refractivity contribution in [3.8, 4) is 0 Å². The average molecular weight is 200 g/mol. The molecule has 1 aromatic heterocycles. The fourth-order valence-electron chi connectivity index (χ4n) is 0.915. The Morgan fingerprint density at radius 2 is 2.08 bits per heavy atom. The number of rotatable bonds is 1. The molecule has 3 N–H and O–H groups in total. The lowest BCUT2D eigenvalue weighted by Crippen LogP contribution is -2.27. The van der Waals surface area contributed by atoms with Crippen molar-refractivity contribution < 1.29 is 0 Å². The van der Waals surface area contributed by atoms with E-state index in [4.69, 9.17) is 17.3 Å². The molecule has 0 aliphatic rings. The predicted octanol–water partition coefficient (Wildman–Crippen LogP) is 2.53. The Morgan fingerprint density at radius 3 is 2.54 bits per heavy atom. The first-order chi connectivity index (χ1) is 5.88. The van der Waals surface area contributed by atoms with Gasteiger partial charge in [-0.2, -0.15) is 0 Å². The summed E-state index contributed by atoms with van der Waals surface area (Å²) in [7, 11) is 0. The van der Waals surface area contributed by atoms with E-state index in [-0.39, 0.29) is 5.54 Å². The molecule has 1 heterocycles. The number of hydrogen-bond acceptors (Lipinski definition) is 3. The molecule has 3 nitrogen and oxygen atoms in total. The lowest BCUT2D eigenvalue weighted by atomic mass is 10.1. The summed E-state index contributed by atoms with van der Waals surface area (Å²) in [6.45, 7) is 6.13. The van der Waals surface area contributed by atoms with Crippen LogP contribution in [0.5, 0.6) is 0 Å². The molecule has 0 unspecified atom stereocenters. The van der Waals surface area contributed by atoms with Crippen molar-refractivity contribution in [3.63, 3.8) is 0 Å². The van der Waals surface area contributed by atoms with E-state index in [2.05, 4.69) is 10.3 Å². The molecule has 0 fully saturated rings. The van der Waals surface area contributed by atoms with Gasteiger partial charge in [0.25, 0.3) is 0 Å². The standard InChI is InChI=1S/C9H14ClN3/c1-9(2,3)13-8-7(11)4-6(10)5-12-8/h4-5H,11H2,1-3H3,(H,12,13). The van der Waals surface area contributed by atoms with E-state index in [1.54, 1.807) is 12.3 Å². The first-order valence-corrected chi connectivity index (χ1v) is 4.45. The van der Waals surface area contributed by atoms with Gasteiger partial charge in [-0.05, 0) is 26.8 Å². The second-order valence-electron chi connectivity index (χ2n) is 3.97. The van der Waals surface area contributed by atoms with E-state index in [9.17, 15) is 0 Å². The molecule has 0 radical (unpaired) electrons. The van der Waals surface area contributed by atoms with Gasteiger partial charge in [-0.25, -0.2) is 4.98 Å². The van der Waals surface area contributed by atoms with Crippen LogP contribution >= 0.6 is 11.6 Å². The van der Waals surface area contributed by atoms with E-state index in [1.807, 2.05) is 20.8 Å². The van der Waals surface area contributed by atoms with Crippen molar-refractivity contribution in [2.45, 2.75) is 26.3 Å². The Bertz CT molecular complexity index is 304. The normalized spacial score (nSPS) is 11.4. The summed E-state index contributed by atoms with van der Waals surface area (Å²) in [4.78, 5) is 4.10.